The first-order valence-electron chi connectivity index (χ1n) is 12.0. The Balaban J connectivity index is 1.49. The second-order valence-electron chi connectivity index (χ2n) is 10.1. The molecule has 8 nitrogen and oxygen atoms in total. The maximum Gasteiger partial charge on any atom is 0.231 e. The fraction of sp³-hybridized carbons (Fsp3) is 0.286. The van der Waals surface area contributed by atoms with Crippen LogP contribution in [0.5, 0.6) is 5.75 Å². The van der Waals surface area contributed by atoms with E-state index in [1.54, 1.807) is 32.3 Å². The standard InChI is InChI=1S/C28H26F2N4O4/c1-27(26(31)36)14-38-25-19(27)12-22(32-24(25)15-4-6-18(29)7-5-15)28(2,37)9-8-21(35)16-10-17-13-34(3)33-23(17)20(30)11-16/h4-7,10-13,37H,8-9,14H2,1-3H3,(H2,31,36)/t27-,28-/m0/s1. The van der Waals surface area contributed by atoms with Gasteiger partial charge in [0.2, 0.25) is 5.91 Å². The number of hydrogen-bond donors (Lipinski definition) is 2. The molecule has 2 aromatic carbocycles. The highest BCUT2D eigenvalue weighted by atomic mass is 19.1. The fourth-order valence-corrected chi connectivity index (χ4v) is 4.67. The van der Waals surface area contributed by atoms with Gasteiger partial charge in [0.15, 0.2) is 11.6 Å². The largest absolute Gasteiger partial charge is 0.489 e. The number of hydrogen-bond acceptors (Lipinski definition) is 6. The van der Waals surface area contributed by atoms with E-state index < -0.39 is 28.6 Å². The number of carbonyl (C=O) groups is 2. The molecule has 0 radical (unpaired) electrons. The molecule has 2 atom stereocenters. The second-order valence-corrected chi connectivity index (χ2v) is 10.1. The summed E-state index contributed by atoms with van der Waals surface area (Å²) in [6, 6.07) is 9.85. The van der Waals surface area contributed by atoms with Gasteiger partial charge in [0.25, 0.3) is 0 Å². The quantitative estimate of drug-likeness (QED) is 0.357. The van der Waals surface area contributed by atoms with Crippen LogP contribution in [-0.4, -0.2) is 38.2 Å². The summed E-state index contributed by atoms with van der Waals surface area (Å²) in [4.78, 5) is 30.0. The number of amides is 1. The Morgan fingerprint density at radius 1 is 1.21 bits per heavy atom. The number of ketones is 1. The van der Waals surface area contributed by atoms with Gasteiger partial charge in [-0.3, -0.25) is 14.3 Å². The first kappa shape index (κ1) is 25.5. The van der Waals surface area contributed by atoms with Crippen LogP contribution in [0.15, 0.2) is 48.7 Å². The van der Waals surface area contributed by atoms with Crippen molar-refractivity contribution in [1.82, 2.24) is 14.8 Å². The van der Waals surface area contributed by atoms with E-state index in [0.29, 0.717) is 28.0 Å². The normalized spacial score (nSPS) is 18.2. The SMILES string of the molecule is Cn1cc2cc(C(=O)CC[C@](C)(O)c3cc4c(c(-c5ccc(F)cc5)n3)OC[C@]4(C)C(N)=O)cc(F)c2n1. The van der Waals surface area contributed by atoms with Crippen molar-refractivity contribution in [1.29, 1.82) is 0 Å². The zero-order chi connectivity index (χ0) is 27.4. The van der Waals surface area contributed by atoms with Gasteiger partial charge >= 0.3 is 0 Å². The summed E-state index contributed by atoms with van der Waals surface area (Å²) in [7, 11) is 1.66. The Morgan fingerprint density at radius 3 is 2.61 bits per heavy atom. The van der Waals surface area contributed by atoms with Crippen LogP contribution in [0.25, 0.3) is 22.2 Å². The number of rotatable bonds is 7. The molecule has 10 heteroatoms. The molecule has 0 bridgehead atoms. The highest BCUT2D eigenvalue weighted by Gasteiger charge is 2.45. The number of nitrogens with zero attached hydrogens (tertiary/aromatic N) is 3. The van der Waals surface area contributed by atoms with Crippen molar-refractivity contribution in [2.75, 3.05) is 6.61 Å². The minimum atomic E-state index is -1.61. The molecule has 3 heterocycles. The molecule has 0 aliphatic carbocycles. The molecule has 1 aliphatic heterocycles. The topological polar surface area (TPSA) is 120 Å². The Kier molecular flexibility index (Phi) is 6.02. The fourth-order valence-electron chi connectivity index (χ4n) is 4.67. The number of aromatic nitrogens is 3. The highest BCUT2D eigenvalue weighted by molar-refractivity contribution is 5.99. The Bertz CT molecular complexity index is 1600. The van der Waals surface area contributed by atoms with E-state index in [9.17, 15) is 23.5 Å². The first-order chi connectivity index (χ1) is 17.9. The smallest absolute Gasteiger partial charge is 0.231 e. The van der Waals surface area contributed by atoms with Crippen LogP contribution < -0.4 is 10.5 Å². The Hall–Kier alpha value is -4.18. The van der Waals surface area contributed by atoms with Crippen molar-refractivity contribution in [3.05, 3.63) is 77.1 Å². The van der Waals surface area contributed by atoms with Crippen LogP contribution in [-0.2, 0) is 22.9 Å². The maximum absolute atomic E-state index is 14.5. The second kappa shape index (κ2) is 8.98. The van der Waals surface area contributed by atoms with Crippen LogP contribution in [0.4, 0.5) is 8.78 Å². The van der Waals surface area contributed by atoms with Gasteiger partial charge in [0.1, 0.15) is 40.4 Å². The third kappa shape index (κ3) is 4.30. The summed E-state index contributed by atoms with van der Waals surface area (Å²) < 4.78 is 35.4. The van der Waals surface area contributed by atoms with Crippen LogP contribution in [0.3, 0.4) is 0 Å². The molecule has 5 rings (SSSR count). The van der Waals surface area contributed by atoms with Crippen molar-refractivity contribution in [2.45, 2.75) is 37.7 Å². The van der Waals surface area contributed by atoms with E-state index in [1.165, 1.54) is 35.9 Å². The molecular formula is C28H26F2N4O4. The first-order valence-corrected chi connectivity index (χ1v) is 12.0. The maximum atomic E-state index is 14.5. The van der Waals surface area contributed by atoms with E-state index in [-0.39, 0.29) is 42.0 Å². The van der Waals surface area contributed by atoms with Gasteiger partial charge in [-0.15, -0.1) is 0 Å². The molecule has 1 amide bonds. The molecular weight excluding hydrogens is 494 g/mol. The molecule has 38 heavy (non-hydrogen) atoms. The number of carbonyl (C=O) groups excluding carboxylic acids is 2. The van der Waals surface area contributed by atoms with Gasteiger partial charge in [-0.1, -0.05) is 0 Å². The third-order valence-corrected chi connectivity index (χ3v) is 7.12. The molecule has 0 fully saturated rings. The average Bonchev–Trinajstić information content (AvgIpc) is 3.43. The summed E-state index contributed by atoms with van der Waals surface area (Å²) in [6.07, 6.45) is 1.47. The molecule has 0 spiro atoms. The summed E-state index contributed by atoms with van der Waals surface area (Å²) in [5, 5.41) is 16.0. The van der Waals surface area contributed by atoms with E-state index in [4.69, 9.17) is 10.5 Å². The predicted molar refractivity (Wildman–Crippen MR) is 135 cm³/mol. The predicted octanol–water partition coefficient (Wildman–Crippen LogP) is 3.92. The zero-order valence-electron chi connectivity index (χ0n) is 21.1. The number of fused-ring (bicyclic) bond motifs is 2. The van der Waals surface area contributed by atoms with Crippen molar-refractivity contribution in [3.8, 4) is 17.0 Å². The average molecular weight is 521 g/mol. The zero-order valence-corrected chi connectivity index (χ0v) is 21.1. The molecule has 0 saturated heterocycles. The summed E-state index contributed by atoms with van der Waals surface area (Å²) >= 11 is 0. The van der Waals surface area contributed by atoms with Gasteiger partial charge in [-0.25, -0.2) is 13.8 Å². The lowest BCUT2D eigenvalue weighted by molar-refractivity contribution is -0.123. The number of pyridine rings is 1. The summed E-state index contributed by atoms with van der Waals surface area (Å²) in [5.74, 6) is -1.68. The summed E-state index contributed by atoms with van der Waals surface area (Å²) in [6.45, 7) is 3.13. The van der Waals surface area contributed by atoms with E-state index in [0.717, 1.165) is 6.07 Å². The Labute approximate surface area is 217 Å². The van der Waals surface area contributed by atoms with Gasteiger partial charge in [-0.05, 0) is 62.7 Å². The number of Topliss-reactive ketones (excluding diaryl/α,β-unsaturated/α-hetero) is 1. The number of ether oxygens (including phenoxy) is 1. The van der Waals surface area contributed by atoms with Crippen molar-refractivity contribution in [3.63, 3.8) is 0 Å². The molecule has 0 unspecified atom stereocenters. The number of nitrogens with two attached hydrogens (primary N) is 1. The lowest BCUT2D eigenvalue weighted by atomic mass is 9.81. The van der Waals surface area contributed by atoms with Gasteiger partial charge in [0, 0.05) is 41.7 Å². The van der Waals surface area contributed by atoms with E-state index in [2.05, 4.69) is 10.1 Å². The molecule has 3 N–H and O–H groups in total. The van der Waals surface area contributed by atoms with Crippen molar-refractivity contribution in [2.24, 2.45) is 12.8 Å². The van der Waals surface area contributed by atoms with E-state index in [1.807, 2.05) is 0 Å². The molecule has 196 valence electrons. The monoisotopic (exact) mass is 520 g/mol. The number of aryl methyl sites for hydroxylation is 1. The minimum absolute atomic E-state index is 0.0139. The number of aliphatic hydroxyl groups is 1. The lowest BCUT2D eigenvalue weighted by Crippen LogP contribution is -2.40. The Morgan fingerprint density at radius 2 is 1.92 bits per heavy atom. The van der Waals surface area contributed by atoms with E-state index >= 15 is 0 Å². The van der Waals surface area contributed by atoms with Crippen molar-refractivity contribution >= 4 is 22.6 Å². The third-order valence-electron chi connectivity index (χ3n) is 7.12. The minimum Gasteiger partial charge on any atom is -0.489 e. The van der Waals surface area contributed by atoms with Crippen LogP contribution >= 0.6 is 0 Å². The van der Waals surface area contributed by atoms with Gasteiger partial charge < -0.3 is 15.6 Å². The van der Waals surface area contributed by atoms with Gasteiger partial charge in [0.05, 0.1) is 5.69 Å². The lowest BCUT2D eigenvalue weighted by Gasteiger charge is -2.26. The van der Waals surface area contributed by atoms with Crippen molar-refractivity contribution < 1.29 is 28.2 Å². The summed E-state index contributed by atoms with van der Waals surface area (Å²) in [5.41, 5.74) is 4.73. The molecule has 0 saturated carbocycles. The molecule has 4 aromatic rings. The number of halogens is 2. The van der Waals surface area contributed by atoms with Crippen LogP contribution in [0.2, 0.25) is 0 Å². The van der Waals surface area contributed by atoms with Crippen LogP contribution in [0.1, 0.15) is 48.3 Å². The molecule has 1 aliphatic rings. The highest BCUT2D eigenvalue weighted by Crippen LogP contribution is 2.46. The molecule has 2 aromatic heterocycles. The number of primary amides is 1. The van der Waals surface area contributed by atoms with Gasteiger partial charge in [-0.2, -0.15) is 5.10 Å². The van der Waals surface area contributed by atoms with Crippen LogP contribution in [0, 0.1) is 11.6 Å². The number of benzene rings is 2.